The lowest BCUT2D eigenvalue weighted by atomic mass is 9.99. The number of rotatable bonds is 3. The molecule has 25 heavy (non-hydrogen) atoms. The van der Waals surface area contributed by atoms with Crippen LogP contribution in [0.15, 0.2) is 42.6 Å². The SMILES string of the molecule is CN1CCCc2cc(CNC(=O)c3c(Cl)nc4ccccn34)ccc21. The van der Waals surface area contributed by atoms with Crippen LogP contribution in [0.3, 0.4) is 0 Å². The van der Waals surface area contributed by atoms with Gasteiger partial charge < -0.3 is 10.2 Å². The fourth-order valence-electron chi connectivity index (χ4n) is 3.38. The average molecular weight is 355 g/mol. The van der Waals surface area contributed by atoms with Crippen molar-refractivity contribution in [2.24, 2.45) is 0 Å². The highest BCUT2D eigenvalue weighted by atomic mass is 35.5. The zero-order chi connectivity index (χ0) is 17.4. The second-order valence-electron chi connectivity index (χ2n) is 6.35. The van der Waals surface area contributed by atoms with Crippen molar-refractivity contribution in [3.63, 3.8) is 0 Å². The Hall–Kier alpha value is -2.53. The van der Waals surface area contributed by atoms with Crippen molar-refractivity contribution in [1.82, 2.24) is 14.7 Å². The molecule has 2 aromatic heterocycles. The van der Waals surface area contributed by atoms with Gasteiger partial charge in [-0.2, -0.15) is 0 Å². The van der Waals surface area contributed by atoms with E-state index in [0.29, 0.717) is 17.9 Å². The highest BCUT2D eigenvalue weighted by molar-refractivity contribution is 6.32. The molecule has 0 aliphatic carbocycles. The lowest BCUT2D eigenvalue weighted by molar-refractivity contribution is 0.0945. The Labute approximate surface area is 151 Å². The maximum Gasteiger partial charge on any atom is 0.271 e. The quantitative estimate of drug-likeness (QED) is 0.785. The van der Waals surface area contributed by atoms with Gasteiger partial charge in [0.2, 0.25) is 0 Å². The minimum atomic E-state index is -0.224. The van der Waals surface area contributed by atoms with Crippen molar-refractivity contribution in [2.75, 3.05) is 18.5 Å². The maximum absolute atomic E-state index is 12.6. The fraction of sp³-hybridized carbons (Fsp3) is 0.263. The number of halogens is 1. The summed E-state index contributed by atoms with van der Waals surface area (Å²) in [6, 6.07) is 11.9. The van der Waals surface area contributed by atoms with Crippen LogP contribution in [0.4, 0.5) is 5.69 Å². The molecule has 0 fully saturated rings. The predicted octanol–water partition coefficient (Wildman–Crippen LogP) is 3.30. The van der Waals surface area contributed by atoms with Crippen LogP contribution < -0.4 is 10.2 Å². The van der Waals surface area contributed by atoms with Gasteiger partial charge in [-0.1, -0.05) is 29.8 Å². The molecule has 0 saturated carbocycles. The number of aromatic nitrogens is 2. The van der Waals surface area contributed by atoms with E-state index in [1.165, 1.54) is 11.3 Å². The normalized spacial score (nSPS) is 13.8. The number of amides is 1. The Morgan fingerprint density at radius 3 is 3.08 bits per heavy atom. The van der Waals surface area contributed by atoms with Gasteiger partial charge in [0.1, 0.15) is 5.65 Å². The first-order chi connectivity index (χ1) is 12.1. The summed E-state index contributed by atoms with van der Waals surface area (Å²) in [6.45, 7) is 1.56. The highest BCUT2D eigenvalue weighted by Gasteiger charge is 2.18. The Kier molecular flexibility index (Phi) is 4.09. The molecule has 3 heterocycles. The predicted molar refractivity (Wildman–Crippen MR) is 99.4 cm³/mol. The summed E-state index contributed by atoms with van der Waals surface area (Å²) in [6.07, 6.45) is 4.04. The topological polar surface area (TPSA) is 49.6 Å². The number of nitrogens with zero attached hydrogens (tertiary/aromatic N) is 3. The van der Waals surface area contributed by atoms with Crippen LogP contribution in [0.25, 0.3) is 5.65 Å². The standard InChI is InChI=1S/C19H19ClN4O/c1-23-9-4-5-14-11-13(7-8-15(14)23)12-21-19(25)17-18(20)22-16-6-2-3-10-24(16)17/h2-3,6-8,10-11H,4-5,9,12H2,1H3,(H,21,25). The number of carbonyl (C=O) groups excluding carboxylic acids is 1. The Balaban J connectivity index is 1.53. The molecule has 0 atom stereocenters. The molecule has 5 nitrogen and oxygen atoms in total. The van der Waals surface area contributed by atoms with Crippen molar-refractivity contribution in [1.29, 1.82) is 0 Å². The maximum atomic E-state index is 12.6. The molecule has 0 spiro atoms. The van der Waals surface area contributed by atoms with Crippen LogP contribution in [0.1, 0.15) is 28.0 Å². The molecule has 1 aliphatic heterocycles. The van der Waals surface area contributed by atoms with Crippen LogP contribution in [-0.4, -0.2) is 28.9 Å². The minimum absolute atomic E-state index is 0.218. The number of hydrogen-bond donors (Lipinski definition) is 1. The summed E-state index contributed by atoms with van der Waals surface area (Å²) in [5.74, 6) is -0.224. The number of imidazole rings is 1. The van der Waals surface area contributed by atoms with Gasteiger partial charge in [-0.05, 0) is 42.2 Å². The summed E-state index contributed by atoms with van der Waals surface area (Å²) in [7, 11) is 2.12. The van der Waals surface area contributed by atoms with E-state index in [0.717, 1.165) is 24.9 Å². The summed E-state index contributed by atoms with van der Waals surface area (Å²) in [5.41, 5.74) is 4.75. The third-order valence-electron chi connectivity index (χ3n) is 4.65. The molecule has 0 bridgehead atoms. The molecule has 3 aromatic rings. The first-order valence-corrected chi connectivity index (χ1v) is 8.75. The van der Waals surface area contributed by atoms with Gasteiger partial charge in [0.05, 0.1) is 0 Å². The second-order valence-corrected chi connectivity index (χ2v) is 6.71. The van der Waals surface area contributed by atoms with Crippen molar-refractivity contribution in [2.45, 2.75) is 19.4 Å². The number of anilines is 1. The molecule has 1 amide bonds. The zero-order valence-corrected chi connectivity index (χ0v) is 14.8. The fourth-order valence-corrected chi connectivity index (χ4v) is 3.65. The van der Waals surface area contributed by atoms with Gasteiger partial charge in [0.15, 0.2) is 10.8 Å². The molecular weight excluding hydrogens is 336 g/mol. The molecule has 128 valence electrons. The first kappa shape index (κ1) is 16.0. The number of hydrogen-bond acceptors (Lipinski definition) is 3. The second kappa shape index (κ2) is 6.41. The molecule has 0 unspecified atom stereocenters. The molecule has 1 N–H and O–H groups in total. The summed E-state index contributed by atoms with van der Waals surface area (Å²) in [5, 5.41) is 3.17. The number of pyridine rings is 1. The average Bonchev–Trinajstić information content (AvgIpc) is 2.95. The summed E-state index contributed by atoms with van der Waals surface area (Å²) in [4.78, 5) is 19.1. The highest BCUT2D eigenvalue weighted by Crippen LogP contribution is 2.26. The van der Waals surface area contributed by atoms with E-state index in [1.807, 2.05) is 18.2 Å². The monoisotopic (exact) mass is 354 g/mol. The Morgan fingerprint density at radius 2 is 2.20 bits per heavy atom. The van der Waals surface area contributed by atoms with E-state index in [2.05, 4.69) is 40.4 Å². The molecule has 1 aromatic carbocycles. The lowest BCUT2D eigenvalue weighted by Crippen LogP contribution is -2.26. The van der Waals surface area contributed by atoms with E-state index in [4.69, 9.17) is 11.6 Å². The van der Waals surface area contributed by atoms with Crippen LogP contribution in [-0.2, 0) is 13.0 Å². The van der Waals surface area contributed by atoms with Crippen molar-refractivity contribution in [3.8, 4) is 0 Å². The van der Waals surface area contributed by atoms with Gasteiger partial charge in [-0.25, -0.2) is 4.98 Å². The Bertz CT molecular complexity index is 950. The summed E-state index contributed by atoms with van der Waals surface area (Å²) < 4.78 is 1.71. The van der Waals surface area contributed by atoms with E-state index < -0.39 is 0 Å². The van der Waals surface area contributed by atoms with E-state index in [-0.39, 0.29) is 11.1 Å². The Morgan fingerprint density at radius 1 is 1.32 bits per heavy atom. The third-order valence-corrected chi connectivity index (χ3v) is 4.91. The van der Waals surface area contributed by atoms with E-state index in [9.17, 15) is 4.79 Å². The van der Waals surface area contributed by atoms with Gasteiger partial charge in [-0.15, -0.1) is 0 Å². The van der Waals surface area contributed by atoms with E-state index >= 15 is 0 Å². The number of nitrogens with one attached hydrogen (secondary N) is 1. The molecular formula is C19H19ClN4O. The molecule has 4 rings (SSSR count). The molecule has 6 heteroatoms. The number of carbonyl (C=O) groups is 1. The van der Waals surface area contributed by atoms with Crippen LogP contribution in [0.2, 0.25) is 5.15 Å². The van der Waals surface area contributed by atoms with Crippen LogP contribution >= 0.6 is 11.6 Å². The number of aryl methyl sites for hydroxylation is 1. The van der Waals surface area contributed by atoms with E-state index in [1.54, 1.807) is 10.6 Å². The number of benzene rings is 1. The molecule has 0 saturated heterocycles. The first-order valence-electron chi connectivity index (χ1n) is 8.37. The number of fused-ring (bicyclic) bond motifs is 2. The van der Waals surface area contributed by atoms with Crippen molar-refractivity contribution >= 4 is 28.8 Å². The van der Waals surface area contributed by atoms with Gasteiger partial charge in [-0.3, -0.25) is 9.20 Å². The lowest BCUT2D eigenvalue weighted by Gasteiger charge is -2.27. The minimum Gasteiger partial charge on any atom is -0.374 e. The van der Waals surface area contributed by atoms with Crippen LogP contribution in [0.5, 0.6) is 0 Å². The third kappa shape index (κ3) is 2.96. The summed E-state index contributed by atoms with van der Waals surface area (Å²) >= 11 is 6.16. The van der Waals surface area contributed by atoms with Crippen molar-refractivity contribution in [3.05, 3.63) is 64.6 Å². The van der Waals surface area contributed by atoms with Gasteiger partial charge in [0.25, 0.3) is 5.91 Å². The molecule has 0 radical (unpaired) electrons. The molecule has 1 aliphatic rings. The van der Waals surface area contributed by atoms with Gasteiger partial charge in [0, 0.05) is 32.0 Å². The van der Waals surface area contributed by atoms with Crippen LogP contribution in [0, 0.1) is 0 Å². The zero-order valence-electron chi connectivity index (χ0n) is 14.0. The van der Waals surface area contributed by atoms with Crippen molar-refractivity contribution < 1.29 is 4.79 Å². The largest absolute Gasteiger partial charge is 0.374 e. The van der Waals surface area contributed by atoms with Gasteiger partial charge >= 0.3 is 0 Å². The smallest absolute Gasteiger partial charge is 0.271 e.